The van der Waals surface area contributed by atoms with E-state index < -0.39 is 6.10 Å². The van der Waals surface area contributed by atoms with Crippen molar-refractivity contribution in [2.45, 2.75) is 108 Å². The van der Waals surface area contributed by atoms with Crippen LogP contribution in [0.2, 0.25) is 0 Å². The summed E-state index contributed by atoms with van der Waals surface area (Å²) in [6, 6.07) is 41.8. The molecule has 3 fully saturated rings. The normalized spacial score (nSPS) is 21.2. The lowest BCUT2D eigenvalue weighted by molar-refractivity contribution is 0.0490. The molecule has 0 radical (unpaired) electrons. The number of rotatable bonds is 14. The van der Waals surface area contributed by atoms with Crippen LogP contribution in [-0.4, -0.2) is 237 Å². The van der Waals surface area contributed by atoms with Gasteiger partial charge in [-0.05, 0) is 234 Å². The van der Waals surface area contributed by atoms with Crippen molar-refractivity contribution in [1.82, 2.24) is 39.6 Å². The average Bonchev–Trinajstić information content (AvgIpc) is 1.11. The lowest BCUT2D eigenvalue weighted by Crippen LogP contribution is -2.47. The summed E-state index contributed by atoms with van der Waals surface area (Å²) in [5.41, 5.74) is 15.3. The zero-order valence-corrected chi connectivity index (χ0v) is 66.9. The summed E-state index contributed by atoms with van der Waals surface area (Å²) in [5.74, 6) is 8.77. The van der Waals surface area contributed by atoms with Crippen molar-refractivity contribution in [3.8, 4) is 80.5 Å². The smallest absolute Gasteiger partial charge is 0.204 e. The topological polar surface area (TPSA) is 200 Å². The van der Waals surface area contributed by atoms with Crippen molar-refractivity contribution < 1.29 is 67.4 Å². The number of fused-ring (bicyclic) bond motifs is 4. The van der Waals surface area contributed by atoms with Crippen LogP contribution in [0.4, 0.5) is 0 Å². The van der Waals surface area contributed by atoms with Crippen LogP contribution in [0.1, 0.15) is 109 Å². The first-order valence-electron chi connectivity index (χ1n) is 39.9. The Hall–Kier alpha value is -8.72. The summed E-state index contributed by atoms with van der Waals surface area (Å²) in [6.07, 6.45) is 5.69. The van der Waals surface area contributed by atoms with Crippen molar-refractivity contribution in [1.29, 1.82) is 0 Å². The molecule has 8 aromatic carbocycles. The van der Waals surface area contributed by atoms with Gasteiger partial charge in [0, 0.05) is 132 Å². The quantitative estimate of drug-likeness (QED) is 0.0749. The Labute approximate surface area is 667 Å². The molecule has 0 amide bonds. The van der Waals surface area contributed by atoms with Gasteiger partial charge in [0.05, 0.1) is 48.3 Å². The maximum atomic E-state index is 11.3. The number of aliphatic hydroxyl groups excluding tert-OH is 3. The molecule has 8 aromatic rings. The first kappa shape index (κ1) is 80.9. The van der Waals surface area contributed by atoms with Crippen LogP contribution in [0.25, 0.3) is 0 Å². The number of nitrogens with one attached hydrogen (secondary N) is 1. The maximum Gasteiger partial charge on any atom is 0.204 e. The molecular formula is C91H116N8O14. The summed E-state index contributed by atoms with van der Waals surface area (Å²) in [4.78, 5) is 16.5. The van der Waals surface area contributed by atoms with Gasteiger partial charge in [-0.15, -0.1) is 0 Å². The van der Waals surface area contributed by atoms with Gasteiger partial charge >= 0.3 is 0 Å². The lowest BCUT2D eigenvalue weighted by Gasteiger charge is -2.38. The van der Waals surface area contributed by atoms with Gasteiger partial charge in [-0.1, -0.05) is 43.8 Å². The first-order valence-corrected chi connectivity index (χ1v) is 39.9. The fourth-order valence-electron chi connectivity index (χ4n) is 17.2. The molecule has 0 aliphatic carbocycles. The third-order valence-corrected chi connectivity index (χ3v) is 24.1. The summed E-state index contributed by atoms with van der Waals surface area (Å²) in [6.45, 7) is 13.4. The molecule has 604 valence electrons. The van der Waals surface area contributed by atoms with E-state index in [1.54, 1.807) is 28.4 Å². The molecule has 22 nitrogen and oxygen atoms in total. The van der Waals surface area contributed by atoms with Gasteiger partial charge in [-0.2, -0.15) is 0 Å². The van der Waals surface area contributed by atoms with Gasteiger partial charge in [0.15, 0.2) is 46.0 Å². The van der Waals surface area contributed by atoms with Crippen LogP contribution in [-0.2, 0) is 69.3 Å². The molecule has 0 spiro atoms. The maximum absolute atomic E-state index is 11.3. The molecule has 113 heavy (non-hydrogen) atoms. The van der Waals surface area contributed by atoms with E-state index in [0.29, 0.717) is 102 Å². The van der Waals surface area contributed by atoms with Crippen LogP contribution in [0.15, 0.2) is 121 Å². The SMILES string of the molecule is C.CN1CCNCC1.COc1ccc2cc1Oc1ccc(cc1)C[C@H]1c3cc(c(CO)cc3CCN1C)Oc1c(OCC(O)CN3CCN(C)CC3)c(OC)cc3c1[C@H](C2)N(C)CC3.COc1ccc2cc1Oc1ccc(cc1)C[C@H]1c3cc(c(CO)cc3CCN1C)Oc1c(OCC3CO3)c(OC)cc3c1[C@H](C2)N(C)CC3. The van der Waals surface area contributed by atoms with Gasteiger partial charge in [-0.3, -0.25) is 24.5 Å². The van der Waals surface area contributed by atoms with Crippen LogP contribution < -0.4 is 52.7 Å². The first-order chi connectivity index (χ1) is 54.5. The van der Waals surface area contributed by atoms with E-state index in [1.165, 1.54) is 46.5 Å². The molecule has 4 N–H and O–H groups in total. The highest BCUT2D eigenvalue weighted by Crippen LogP contribution is 2.54. The van der Waals surface area contributed by atoms with E-state index in [4.69, 9.17) is 52.1 Å². The Morgan fingerprint density at radius 2 is 0.841 bits per heavy atom. The minimum absolute atomic E-state index is 0. The van der Waals surface area contributed by atoms with Crippen molar-refractivity contribution in [3.63, 3.8) is 0 Å². The molecule has 11 aliphatic heterocycles. The molecular weight excluding hydrogens is 1430 g/mol. The molecule has 19 rings (SSSR count). The fraction of sp³-hybridized carbons (Fsp3) is 0.473. The number of likely N-dealkylation sites (N-methyl/N-ethyl adjacent to an activating group) is 6. The second-order valence-corrected chi connectivity index (χ2v) is 31.6. The molecule has 3 saturated heterocycles. The Balaban J connectivity index is 0.000000172. The van der Waals surface area contributed by atoms with Crippen LogP contribution in [0.5, 0.6) is 80.5 Å². The third kappa shape index (κ3) is 18.3. The predicted octanol–water partition coefficient (Wildman–Crippen LogP) is 12.2. The molecule has 0 aromatic heterocycles. The Kier molecular flexibility index (Phi) is 26.1. The minimum Gasteiger partial charge on any atom is -0.493 e. The number of hydrogen-bond acceptors (Lipinski definition) is 22. The van der Waals surface area contributed by atoms with Gasteiger partial charge in [0.25, 0.3) is 0 Å². The van der Waals surface area contributed by atoms with Crippen LogP contribution >= 0.6 is 0 Å². The molecule has 12 bridgehead atoms. The summed E-state index contributed by atoms with van der Waals surface area (Å²) in [7, 11) is 19.6. The third-order valence-electron chi connectivity index (χ3n) is 24.1. The summed E-state index contributed by atoms with van der Waals surface area (Å²) in [5, 5.41) is 36.2. The van der Waals surface area contributed by atoms with Crippen molar-refractivity contribution in [2.75, 3.05) is 176 Å². The molecule has 2 unspecified atom stereocenters. The number of epoxide rings is 1. The number of piperazine rings is 2. The van der Waals surface area contributed by atoms with Crippen LogP contribution in [0, 0.1) is 0 Å². The number of β-amino-alcohol motifs (C(OH)–C–C–N with tert-alkyl or cyclic N) is 1. The van der Waals surface area contributed by atoms with Crippen molar-refractivity contribution in [2.24, 2.45) is 0 Å². The van der Waals surface area contributed by atoms with E-state index in [2.05, 4.69) is 167 Å². The number of benzene rings is 8. The molecule has 22 heteroatoms. The predicted molar refractivity (Wildman–Crippen MR) is 439 cm³/mol. The van der Waals surface area contributed by atoms with Gasteiger partial charge in [0.2, 0.25) is 11.5 Å². The lowest BCUT2D eigenvalue weighted by atomic mass is 9.86. The number of aliphatic hydroxyl groups is 3. The van der Waals surface area contributed by atoms with E-state index in [9.17, 15) is 15.3 Å². The largest absolute Gasteiger partial charge is 0.493 e. The van der Waals surface area contributed by atoms with Crippen molar-refractivity contribution in [3.05, 3.63) is 199 Å². The average molecular weight is 1550 g/mol. The molecule has 11 aliphatic rings. The van der Waals surface area contributed by atoms with E-state index in [1.807, 2.05) is 36.4 Å². The highest BCUT2D eigenvalue weighted by Gasteiger charge is 2.39. The highest BCUT2D eigenvalue weighted by atomic mass is 16.6. The minimum atomic E-state index is -0.719. The molecule has 11 heterocycles. The van der Waals surface area contributed by atoms with Crippen LogP contribution in [0.3, 0.4) is 0 Å². The Bertz CT molecular complexity index is 4590. The summed E-state index contributed by atoms with van der Waals surface area (Å²) >= 11 is 0. The highest BCUT2D eigenvalue weighted by molar-refractivity contribution is 5.65. The number of ether oxygens (including phenoxy) is 11. The second-order valence-electron chi connectivity index (χ2n) is 31.6. The van der Waals surface area contributed by atoms with Gasteiger partial charge < -0.3 is 82.5 Å². The van der Waals surface area contributed by atoms with Gasteiger partial charge in [0.1, 0.15) is 48.4 Å². The molecule has 6 atom stereocenters. The molecule has 0 saturated carbocycles. The van der Waals surface area contributed by atoms with E-state index in [0.717, 1.165) is 160 Å². The zero-order chi connectivity index (χ0) is 77.7. The standard InChI is InChI=1S/C45H56N4O7.C40H44N2O7.C5H12N2.CH4/c1-46-16-18-49(19-17-46)26-34(51)28-54-44-42(53-5)24-32-13-15-48(3)38-21-30-8-11-39(52-4)41(22-30)55-35-9-6-29(7-10-35)20-37-36-25-40(56-45(44)43(32)38)33(27-50)23-31(36)12-14-47(37)2;1-41-13-11-26-18-28(21-43)35-20-31(26)32(41)15-24-5-8-29(9-6-24)48-36-17-25(7-10-34(36)44-3)16-33-38-27(12-14-42(33)2)19-37(45-4)39(40(38)49-35)47-23-30-22-46-30;1-7-4-2-6-3-5-7;/h6-11,22-25,34,37-38,50-51H,12-21,26-28H2,1-5H3;5-10,17-20,30,32-33,43H,11-16,21-23H2,1-4H3;6H,2-5H2,1H3;1H4/t34?,37-,38-;30?,32-,33-;;/m00../s1. The number of nitrogens with zero attached hydrogens (tertiary/aromatic N) is 7. The Morgan fingerprint density at radius 1 is 0.434 bits per heavy atom. The van der Waals surface area contributed by atoms with E-state index in [-0.39, 0.29) is 57.5 Å². The summed E-state index contributed by atoms with van der Waals surface area (Å²) < 4.78 is 69.5. The zero-order valence-electron chi connectivity index (χ0n) is 66.9. The second kappa shape index (κ2) is 36.4. The Morgan fingerprint density at radius 3 is 1.26 bits per heavy atom. The van der Waals surface area contributed by atoms with Crippen molar-refractivity contribution >= 4 is 0 Å². The van der Waals surface area contributed by atoms with E-state index >= 15 is 0 Å². The number of methoxy groups -OCH3 is 4. The number of hydrogen-bond donors (Lipinski definition) is 4. The fourth-order valence-corrected chi connectivity index (χ4v) is 17.2. The van der Waals surface area contributed by atoms with Gasteiger partial charge in [-0.25, -0.2) is 0 Å². The monoisotopic (exact) mass is 1540 g/mol.